The largest absolute Gasteiger partial charge is 0.391 e. The molecule has 112 valence electrons. The van der Waals surface area contributed by atoms with Crippen molar-refractivity contribution in [2.24, 2.45) is 13.0 Å². The quantitative estimate of drug-likeness (QED) is 0.800. The summed E-state index contributed by atoms with van der Waals surface area (Å²) in [5.74, 6) is 0.282. The highest BCUT2D eigenvalue weighted by Gasteiger charge is 2.26. The fraction of sp³-hybridized carbons (Fsp3) is 0.714. The molecule has 1 saturated heterocycles. The van der Waals surface area contributed by atoms with E-state index in [1.165, 1.54) is 5.56 Å². The molecule has 6 heteroatoms. The second-order valence-electron chi connectivity index (χ2n) is 5.64. The van der Waals surface area contributed by atoms with Gasteiger partial charge >= 0.3 is 6.03 Å². The standard InChI is InChI=1S/C14H24N4O2/c1-11-5-7-18(10-13(11)19)14(20)15-6-3-4-12-8-16-17(2)9-12/h8-9,11,13,19H,3-7,10H2,1-2H3,(H,15,20). The molecule has 0 aromatic carbocycles. The first-order valence-electron chi connectivity index (χ1n) is 7.24. The van der Waals surface area contributed by atoms with Crippen molar-refractivity contribution in [2.75, 3.05) is 19.6 Å². The zero-order valence-corrected chi connectivity index (χ0v) is 12.2. The van der Waals surface area contributed by atoms with E-state index < -0.39 is 6.10 Å². The molecule has 2 rings (SSSR count). The third kappa shape index (κ3) is 3.96. The molecule has 1 aliphatic heterocycles. The fourth-order valence-corrected chi connectivity index (χ4v) is 2.43. The summed E-state index contributed by atoms with van der Waals surface area (Å²) in [4.78, 5) is 13.7. The first-order valence-corrected chi connectivity index (χ1v) is 7.24. The Kier molecular flexibility index (Phi) is 5.00. The van der Waals surface area contributed by atoms with Gasteiger partial charge in [-0.3, -0.25) is 4.68 Å². The van der Waals surface area contributed by atoms with Gasteiger partial charge in [0.05, 0.1) is 12.3 Å². The van der Waals surface area contributed by atoms with Crippen LogP contribution in [0.5, 0.6) is 0 Å². The van der Waals surface area contributed by atoms with E-state index in [9.17, 15) is 9.90 Å². The molecule has 1 fully saturated rings. The molecule has 6 nitrogen and oxygen atoms in total. The third-order valence-electron chi connectivity index (χ3n) is 3.88. The minimum Gasteiger partial charge on any atom is -0.391 e. The maximum atomic E-state index is 12.0. The molecule has 0 saturated carbocycles. The van der Waals surface area contributed by atoms with E-state index in [1.807, 2.05) is 26.4 Å². The van der Waals surface area contributed by atoms with Crippen LogP contribution >= 0.6 is 0 Å². The molecule has 2 heterocycles. The van der Waals surface area contributed by atoms with E-state index in [1.54, 1.807) is 9.58 Å². The van der Waals surface area contributed by atoms with Crippen molar-refractivity contribution in [2.45, 2.75) is 32.3 Å². The topological polar surface area (TPSA) is 70.4 Å². The molecule has 1 aromatic heterocycles. The number of likely N-dealkylation sites (tertiary alicyclic amines) is 1. The molecular weight excluding hydrogens is 256 g/mol. The van der Waals surface area contributed by atoms with Gasteiger partial charge in [0.25, 0.3) is 0 Å². The van der Waals surface area contributed by atoms with Gasteiger partial charge in [-0.25, -0.2) is 4.79 Å². The molecule has 1 aliphatic rings. The number of rotatable bonds is 4. The number of carbonyl (C=O) groups is 1. The van der Waals surface area contributed by atoms with E-state index in [0.717, 1.165) is 25.8 Å². The lowest BCUT2D eigenvalue weighted by molar-refractivity contribution is 0.0436. The van der Waals surface area contributed by atoms with Crippen LogP contribution in [-0.2, 0) is 13.5 Å². The van der Waals surface area contributed by atoms with Crippen LogP contribution in [0.25, 0.3) is 0 Å². The Bertz CT molecular complexity index is 446. The number of aliphatic hydroxyl groups is 1. The highest BCUT2D eigenvalue weighted by molar-refractivity contribution is 5.74. The van der Waals surface area contributed by atoms with E-state index in [-0.39, 0.29) is 11.9 Å². The number of β-amino-alcohol motifs (C(OH)–C–C–N with tert-alkyl or cyclic N) is 1. The van der Waals surface area contributed by atoms with Crippen molar-refractivity contribution in [1.29, 1.82) is 0 Å². The predicted molar refractivity (Wildman–Crippen MR) is 76.3 cm³/mol. The van der Waals surface area contributed by atoms with Crippen molar-refractivity contribution >= 4 is 6.03 Å². The van der Waals surface area contributed by atoms with Crippen LogP contribution in [0.3, 0.4) is 0 Å². The Morgan fingerprint density at radius 2 is 2.40 bits per heavy atom. The van der Waals surface area contributed by atoms with Gasteiger partial charge in [-0.05, 0) is 30.7 Å². The molecule has 0 bridgehead atoms. The second-order valence-corrected chi connectivity index (χ2v) is 5.64. The number of carbonyl (C=O) groups excluding carboxylic acids is 1. The number of hydrogen-bond donors (Lipinski definition) is 2. The molecule has 20 heavy (non-hydrogen) atoms. The summed E-state index contributed by atoms with van der Waals surface area (Å²) in [6, 6.07) is -0.0675. The molecule has 2 amide bonds. The number of aromatic nitrogens is 2. The third-order valence-corrected chi connectivity index (χ3v) is 3.88. The molecule has 2 atom stereocenters. The van der Waals surface area contributed by atoms with E-state index in [4.69, 9.17) is 0 Å². The fourth-order valence-electron chi connectivity index (χ4n) is 2.43. The summed E-state index contributed by atoms with van der Waals surface area (Å²) in [5, 5.41) is 16.8. The summed E-state index contributed by atoms with van der Waals surface area (Å²) in [6.45, 7) is 3.84. The van der Waals surface area contributed by atoms with Crippen molar-refractivity contribution in [3.8, 4) is 0 Å². The number of nitrogens with one attached hydrogen (secondary N) is 1. The van der Waals surface area contributed by atoms with E-state index in [2.05, 4.69) is 10.4 Å². The van der Waals surface area contributed by atoms with Crippen molar-refractivity contribution in [1.82, 2.24) is 20.0 Å². The first kappa shape index (κ1) is 14.8. The van der Waals surface area contributed by atoms with Gasteiger partial charge in [0.15, 0.2) is 0 Å². The van der Waals surface area contributed by atoms with Crippen molar-refractivity contribution in [3.63, 3.8) is 0 Å². The zero-order valence-electron chi connectivity index (χ0n) is 12.2. The summed E-state index contributed by atoms with van der Waals surface area (Å²) >= 11 is 0. The normalized spacial score (nSPS) is 22.9. The number of hydrogen-bond acceptors (Lipinski definition) is 3. The number of amides is 2. The lowest BCUT2D eigenvalue weighted by Crippen LogP contribution is -2.49. The van der Waals surface area contributed by atoms with Gasteiger partial charge in [0.2, 0.25) is 0 Å². The molecule has 0 spiro atoms. The number of urea groups is 1. The van der Waals surface area contributed by atoms with E-state index in [0.29, 0.717) is 13.1 Å². The molecule has 1 aromatic rings. The summed E-state index contributed by atoms with van der Waals surface area (Å²) in [5.41, 5.74) is 1.18. The van der Waals surface area contributed by atoms with Gasteiger partial charge in [0.1, 0.15) is 0 Å². The lowest BCUT2D eigenvalue weighted by atomic mass is 9.96. The molecule has 0 aliphatic carbocycles. The second kappa shape index (κ2) is 6.74. The van der Waals surface area contributed by atoms with E-state index >= 15 is 0 Å². The Morgan fingerprint density at radius 1 is 1.60 bits per heavy atom. The van der Waals surface area contributed by atoms with Crippen LogP contribution in [0.1, 0.15) is 25.3 Å². The predicted octanol–water partition coefficient (Wildman–Crippen LogP) is 0.765. The van der Waals surface area contributed by atoms with Gasteiger partial charge in [-0.15, -0.1) is 0 Å². The van der Waals surface area contributed by atoms with Gasteiger partial charge in [-0.2, -0.15) is 5.10 Å². The minimum atomic E-state index is -0.398. The van der Waals surface area contributed by atoms with Crippen LogP contribution < -0.4 is 5.32 Å². The number of piperidine rings is 1. The molecule has 0 radical (unpaired) electrons. The van der Waals surface area contributed by atoms with Crippen molar-refractivity contribution in [3.05, 3.63) is 18.0 Å². The molecule has 2 unspecified atom stereocenters. The number of nitrogens with zero attached hydrogens (tertiary/aromatic N) is 3. The van der Waals surface area contributed by atoms with Gasteiger partial charge in [0, 0.05) is 32.9 Å². The van der Waals surface area contributed by atoms with Crippen LogP contribution in [0.2, 0.25) is 0 Å². The summed E-state index contributed by atoms with van der Waals surface area (Å²) < 4.78 is 1.78. The lowest BCUT2D eigenvalue weighted by Gasteiger charge is -2.34. The average Bonchev–Trinajstić information content (AvgIpc) is 2.83. The monoisotopic (exact) mass is 280 g/mol. The van der Waals surface area contributed by atoms with Crippen LogP contribution in [0.15, 0.2) is 12.4 Å². The van der Waals surface area contributed by atoms with Crippen LogP contribution in [0, 0.1) is 5.92 Å². The summed E-state index contributed by atoms with van der Waals surface area (Å²) in [7, 11) is 1.90. The van der Waals surface area contributed by atoms with Gasteiger partial charge in [-0.1, -0.05) is 6.92 Å². The minimum absolute atomic E-state index is 0.0675. The van der Waals surface area contributed by atoms with Crippen LogP contribution in [0.4, 0.5) is 4.79 Å². The Morgan fingerprint density at radius 3 is 3.05 bits per heavy atom. The highest BCUT2D eigenvalue weighted by Crippen LogP contribution is 2.16. The number of aryl methyl sites for hydroxylation is 2. The smallest absolute Gasteiger partial charge is 0.317 e. The van der Waals surface area contributed by atoms with Crippen molar-refractivity contribution < 1.29 is 9.90 Å². The van der Waals surface area contributed by atoms with Gasteiger partial charge < -0.3 is 15.3 Å². The summed E-state index contributed by atoms with van der Waals surface area (Å²) in [6.07, 6.45) is 6.11. The molecule has 2 N–H and O–H groups in total. The SMILES string of the molecule is CC1CCN(C(=O)NCCCc2cnn(C)c2)CC1O. The first-order chi connectivity index (χ1) is 9.56. The average molecular weight is 280 g/mol. The maximum Gasteiger partial charge on any atom is 0.317 e. The number of aliphatic hydroxyl groups excluding tert-OH is 1. The highest BCUT2D eigenvalue weighted by atomic mass is 16.3. The van der Waals surface area contributed by atoms with Crippen LogP contribution in [-0.4, -0.2) is 51.6 Å². The Labute approximate surface area is 119 Å². The maximum absolute atomic E-state index is 12.0. The molecular formula is C14H24N4O2. The zero-order chi connectivity index (χ0) is 14.5. The Hall–Kier alpha value is -1.56. The Balaban J connectivity index is 1.65.